The number of hydrogen-bond donors (Lipinski definition) is 2. The molecule has 0 spiro atoms. The van der Waals surface area contributed by atoms with Gasteiger partial charge in [-0.15, -0.1) is 5.10 Å². The first kappa shape index (κ1) is 15.5. The lowest BCUT2D eigenvalue weighted by Crippen LogP contribution is -2.15. The van der Waals surface area contributed by atoms with Crippen LogP contribution >= 0.6 is 11.8 Å². The van der Waals surface area contributed by atoms with Crippen molar-refractivity contribution in [3.05, 3.63) is 16.8 Å². The average Bonchev–Trinajstić information content (AvgIpc) is 2.27. The number of alkyl halides is 3. The van der Waals surface area contributed by atoms with Crippen LogP contribution in [-0.4, -0.2) is 39.1 Å². The third kappa shape index (κ3) is 4.58. The van der Waals surface area contributed by atoms with E-state index in [0.29, 0.717) is 11.3 Å². The Bertz CT molecular complexity index is 480. The first-order valence-electron chi connectivity index (χ1n) is 5.24. The molecule has 0 aromatic carbocycles. The molecule has 0 unspecified atom stereocenters. The zero-order valence-corrected chi connectivity index (χ0v) is 11.0. The van der Waals surface area contributed by atoms with Crippen LogP contribution in [-0.2, 0) is 0 Å². The van der Waals surface area contributed by atoms with Crippen molar-refractivity contribution >= 4 is 23.5 Å². The molecule has 1 aromatic rings. The number of rotatable bonds is 5. The SMILES string of the molecule is Cc1nnc(NCCSC(F)(F)F)c(C(=O)O)c1C. The quantitative estimate of drug-likeness (QED) is 0.813. The van der Waals surface area contributed by atoms with E-state index in [4.69, 9.17) is 5.11 Å². The molecule has 2 N–H and O–H groups in total. The maximum atomic E-state index is 11.9. The van der Waals surface area contributed by atoms with Crippen molar-refractivity contribution in [3.63, 3.8) is 0 Å². The van der Waals surface area contributed by atoms with Gasteiger partial charge in [-0.3, -0.25) is 0 Å². The Morgan fingerprint density at radius 2 is 2.00 bits per heavy atom. The van der Waals surface area contributed by atoms with Crippen molar-refractivity contribution in [3.8, 4) is 0 Å². The zero-order chi connectivity index (χ0) is 14.6. The minimum atomic E-state index is -4.30. The molecule has 9 heteroatoms. The summed E-state index contributed by atoms with van der Waals surface area (Å²) in [6, 6.07) is 0. The molecule has 0 amide bonds. The Morgan fingerprint density at radius 1 is 1.37 bits per heavy atom. The van der Waals surface area contributed by atoms with Crippen molar-refractivity contribution in [2.75, 3.05) is 17.6 Å². The number of aromatic carboxylic acids is 1. The highest BCUT2D eigenvalue weighted by Crippen LogP contribution is 2.29. The van der Waals surface area contributed by atoms with Crippen LogP contribution in [0.5, 0.6) is 0 Å². The van der Waals surface area contributed by atoms with E-state index >= 15 is 0 Å². The predicted octanol–water partition coefficient (Wildman–Crippen LogP) is 2.46. The van der Waals surface area contributed by atoms with E-state index in [9.17, 15) is 18.0 Å². The van der Waals surface area contributed by atoms with Crippen LogP contribution in [0, 0.1) is 13.8 Å². The molecule has 0 radical (unpaired) electrons. The van der Waals surface area contributed by atoms with Crippen molar-refractivity contribution in [2.45, 2.75) is 19.4 Å². The summed E-state index contributed by atoms with van der Waals surface area (Å²) in [7, 11) is 0. The van der Waals surface area contributed by atoms with Crippen LogP contribution in [0.2, 0.25) is 0 Å². The van der Waals surface area contributed by atoms with Crippen LogP contribution in [0.4, 0.5) is 19.0 Å². The standard InChI is InChI=1S/C10H12F3N3O2S/c1-5-6(2)15-16-8(7(5)9(17)18)14-3-4-19-10(11,12)13/h3-4H2,1-2H3,(H,14,16)(H,17,18). The molecular formula is C10H12F3N3O2S. The summed E-state index contributed by atoms with van der Waals surface area (Å²) in [4.78, 5) is 11.1. The Balaban J connectivity index is 2.74. The zero-order valence-electron chi connectivity index (χ0n) is 10.2. The van der Waals surface area contributed by atoms with E-state index < -0.39 is 11.5 Å². The molecule has 1 rings (SSSR count). The van der Waals surface area contributed by atoms with Crippen molar-refractivity contribution < 1.29 is 23.1 Å². The van der Waals surface area contributed by atoms with Gasteiger partial charge in [-0.05, 0) is 31.2 Å². The number of carboxylic acids is 1. The summed E-state index contributed by atoms with van der Waals surface area (Å²) in [5.41, 5.74) is -3.46. The van der Waals surface area contributed by atoms with Gasteiger partial charge in [-0.1, -0.05) is 0 Å². The number of carbonyl (C=O) groups is 1. The first-order chi connectivity index (χ1) is 8.72. The number of aryl methyl sites for hydroxylation is 1. The first-order valence-corrected chi connectivity index (χ1v) is 6.22. The van der Waals surface area contributed by atoms with Gasteiger partial charge in [0.2, 0.25) is 0 Å². The summed E-state index contributed by atoms with van der Waals surface area (Å²) < 4.78 is 35.8. The lowest BCUT2D eigenvalue weighted by Gasteiger charge is -2.11. The number of thioether (sulfide) groups is 1. The normalized spacial score (nSPS) is 11.4. The molecular weight excluding hydrogens is 283 g/mol. The fourth-order valence-electron chi connectivity index (χ4n) is 1.33. The minimum absolute atomic E-state index is 0.0154. The van der Waals surface area contributed by atoms with Gasteiger partial charge in [0.25, 0.3) is 0 Å². The van der Waals surface area contributed by atoms with Crippen LogP contribution in [0.15, 0.2) is 0 Å². The molecule has 0 bridgehead atoms. The highest BCUT2D eigenvalue weighted by molar-refractivity contribution is 8.00. The third-order valence-corrected chi connectivity index (χ3v) is 3.06. The van der Waals surface area contributed by atoms with E-state index in [1.54, 1.807) is 13.8 Å². The molecule has 0 saturated heterocycles. The lowest BCUT2D eigenvalue weighted by atomic mass is 10.1. The highest BCUT2D eigenvalue weighted by atomic mass is 32.2. The van der Waals surface area contributed by atoms with Gasteiger partial charge in [0.1, 0.15) is 5.56 Å². The number of halogens is 3. The minimum Gasteiger partial charge on any atom is -0.478 e. The van der Waals surface area contributed by atoms with E-state index in [2.05, 4.69) is 15.5 Å². The summed E-state index contributed by atoms with van der Waals surface area (Å²) >= 11 is -0.184. The van der Waals surface area contributed by atoms with E-state index in [1.165, 1.54) is 0 Å². The second kappa shape index (κ2) is 6.09. The lowest BCUT2D eigenvalue weighted by molar-refractivity contribution is -0.0327. The fourth-order valence-corrected chi connectivity index (χ4v) is 1.77. The van der Waals surface area contributed by atoms with Gasteiger partial charge in [0.15, 0.2) is 5.82 Å². The van der Waals surface area contributed by atoms with Crippen LogP contribution in [0.1, 0.15) is 21.6 Å². The largest absolute Gasteiger partial charge is 0.478 e. The summed E-state index contributed by atoms with van der Waals surface area (Å²) in [5, 5.41) is 19.0. The molecule has 0 atom stereocenters. The average molecular weight is 295 g/mol. The van der Waals surface area contributed by atoms with E-state index in [0.717, 1.165) is 0 Å². The smallest absolute Gasteiger partial charge is 0.441 e. The number of nitrogens with zero attached hydrogens (tertiary/aromatic N) is 2. The number of hydrogen-bond acceptors (Lipinski definition) is 5. The van der Waals surface area contributed by atoms with Crippen LogP contribution in [0.3, 0.4) is 0 Å². The molecule has 106 valence electrons. The molecule has 5 nitrogen and oxygen atoms in total. The monoisotopic (exact) mass is 295 g/mol. The number of aromatic nitrogens is 2. The van der Waals surface area contributed by atoms with Crippen LogP contribution in [0.25, 0.3) is 0 Å². The maximum Gasteiger partial charge on any atom is 0.441 e. The Labute approximate surface area is 111 Å². The number of nitrogens with one attached hydrogen (secondary N) is 1. The van der Waals surface area contributed by atoms with Crippen molar-refractivity contribution in [1.82, 2.24) is 10.2 Å². The summed E-state index contributed by atoms with van der Waals surface area (Å²) in [6.07, 6.45) is 0. The molecule has 0 saturated carbocycles. The van der Waals surface area contributed by atoms with Crippen molar-refractivity contribution in [2.24, 2.45) is 0 Å². The Morgan fingerprint density at radius 3 is 2.53 bits per heavy atom. The Hall–Kier alpha value is -1.51. The second-order valence-electron chi connectivity index (χ2n) is 3.66. The van der Waals surface area contributed by atoms with Gasteiger partial charge >= 0.3 is 11.5 Å². The molecule has 0 aliphatic heterocycles. The Kier molecular flexibility index (Phi) is 4.98. The van der Waals surface area contributed by atoms with E-state index in [1.807, 2.05) is 0 Å². The van der Waals surface area contributed by atoms with Gasteiger partial charge < -0.3 is 10.4 Å². The van der Waals surface area contributed by atoms with Gasteiger partial charge in [0, 0.05) is 12.3 Å². The van der Waals surface area contributed by atoms with Crippen molar-refractivity contribution in [1.29, 1.82) is 0 Å². The molecule has 0 aliphatic carbocycles. The van der Waals surface area contributed by atoms with Gasteiger partial charge in [-0.2, -0.15) is 18.3 Å². The topological polar surface area (TPSA) is 75.1 Å². The predicted molar refractivity (Wildman–Crippen MR) is 65.5 cm³/mol. The third-order valence-electron chi connectivity index (χ3n) is 2.33. The molecule has 19 heavy (non-hydrogen) atoms. The molecule has 1 aromatic heterocycles. The van der Waals surface area contributed by atoms with Gasteiger partial charge in [-0.25, -0.2) is 4.79 Å². The fraction of sp³-hybridized carbons (Fsp3) is 0.500. The number of carboxylic acid groups (broad SMARTS) is 1. The molecule has 1 heterocycles. The molecule has 0 fully saturated rings. The maximum absolute atomic E-state index is 11.9. The van der Waals surface area contributed by atoms with Gasteiger partial charge in [0.05, 0.1) is 5.69 Å². The highest BCUT2D eigenvalue weighted by Gasteiger charge is 2.27. The molecule has 0 aliphatic rings. The van der Waals surface area contributed by atoms with E-state index in [-0.39, 0.29) is 35.4 Å². The van der Waals surface area contributed by atoms with Crippen LogP contribution < -0.4 is 5.32 Å². The second-order valence-corrected chi connectivity index (χ2v) is 4.82. The summed E-state index contributed by atoms with van der Waals surface area (Å²) in [5.74, 6) is -1.45. The summed E-state index contributed by atoms with van der Waals surface area (Å²) in [6.45, 7) is 3.13. The number of anilines is 1.